The zero-order valence-electron chi connectivity index (χ0n) is 12.4. The highest BCUT2D eigenvalue weighted by molar-refractivity contribution is 6.30. The molecule has 116 valence electrons. The predicted octanol–water partition coefficient (Wildman–Crippen LogP) is 2.61. The Labute approximate surface area is 135 Å². The van der Waals surface area contributed by atoms with Gasteiger partial charge < -0.3 is 10.1 Å². The van der Waals surface area contributed by atoms with E-state index in [1.165, 1.54) is 5.56 Å². The average molecular weight is 319 g/mol. The van der Waals surface area contributed by atoms with Gasteiger partial charge in [-0.2, -0.15) is 0 Å². The largest absolute Gasteiger partial charge is 0.373 e. The average Bonchev–Trinajstić information content (AvgIpc) is 2.55. The second kappa shape index (κ2) is 7.05. The molecule has 0 bridgehead atoms. The molecule has 1 saturated heterocycles. The van der Waals surface area contributed by atoms with Crippen LogP contribution in [0.2, 0.25) is 5.02 Å². The lowest BCUT2D eigenvalue weighted by Crippen LogP contribution is -2.46. The number of likely N-dealkylation sites (N-methyl/N-ethyl adjacent to an activating group) is 1. The van der Waals surface area contributed by atoms with Gasteiger partial charge in [0.15, 0.2) is 0 Å². The lowest BCUT2D eigenvalue weighted by atomic mass is 9.98. The highest BCUT2D eigenvalue weighted by Gasteiger charge is 2.31. The molecule has 2 heterocycles. The minimum Gasteiger partial charge on any atom is -0.373 e. The molecule has 0 aliphatic carbocycles. The van der Waals surface area contributed by atoms with Gasteiger partial charge in [0.1, 0.15) is 0 Å². The third-order valence-electron chi connectivity index (χ3n) is 3.83. The smallest absolute Gasteiger partial charge is 0.222 e. The van der Waals surface area contributed by atoms with Crippen molar-refractivity contribution in [1.82, 2.24) is 14.9 Å². The first-order valence-electron chi connectivity index (χ1n) is 7.32. The van der Waals surface area contributed by atoms with Crippen molar-refractivity contribution in [3.05, 3.63) is 53.3 Å². The number of hydrogen-bond acceptors (Lipinski definition) is 5. The number of morpholine rings is 1. The molecule has 6 heteroatoms. The first-order valence-corrected chi connectivity index (χ1v) is 7.70. The molecule has 0 radical (unpaired) electrons. The van der Waals surface area contributed by atoms with Gasteiger partial charge in [-0.15, -0.1) is 0 Å². The molecular weight excluding hydrogens is 300 g/mol. The SMILES string of the molecule is CN1CCO[C@@H](CNc2ncc(Cl)cn2)[C@@H]1c1ccccc1. The van der Waals surface area contributed by atoms with Crippen LogP contribution in [-0.4, -0.2) is 47.7 Å². The highest BCUT2D eigenvalue weighted by atomic mass is 35.5. The van der Waals surface area contributed by atoms with Crippen molar-refractivity contribution >= 4 is 17.5 Å². The normalized spacial score (nSPS) is 22.5. The van der Waals surface area contributed by atoms with Gasteiger partial charge in [0.2, 0.25) is 5.95 Å². The van der Waals surface area contributed by atoms with Crippen LogP contribution in [0.3, 0.4) is 0 Å². The summed E-state index contributed by atoms with van der Waals surface area (Å²) in [6, 6.07) is 10.6. The summed E-state index contributed by atoms with van der Waals surface area (Å²) in [6.07, 6.45) is 3.21. The van der Waals surface area contributed by atoms with E-state index in [1.54, 1.807) is 12.4 Å². The van der Waals surface area contributed by atoms with Crippen LogP contribution in [0.1, 0.15) is 11.6 Å². The maximum Gasteiger partial charge on any atom is 0.222 e. The third kappa shape index (κ3) is 3.55. The van der Waals surface area contributed by atoms with Crippen LogP contribution in [0.4, 0.5) is 5.95 Å². The minimum absolute atomic E-state index is 0.0421. The topological polar surface area (TPSA) is 50.3 Å². The highest BCUT2D eigenvalue weighted by Crippen LogP contribution is 2.28. The zero-order chi connectivity index (χ0) is 15.4. The Morgan fingerprint density at radius 1 is 1.27 bits per heavy atom. The third-order valence-corrected chi connectivity index (χ3v) is 4.02. The van der Waals surface area contributed by atoms with Gasteiger partial charge in [0.25, 0.3) is 0 Å². The van der Waals surface area contributed by atoms with E-state index >= 15 is 0 Å². The summed E-state index contributed by atoms with van der Waals surface area (Å²) in [5.41, 5.74) is 1.26. The summed E-state index contributed by atoms with van der Waals surface area (Å²) < 4.78 is 5.98. The maximum absolute atomic E-state index is 5.98. The van der Waals surface area contributed by atoms with E-state index in [9.17, 15) is 0 Å². The zero-order valence-corrected chi connectivity index (χ0v) is 13.2. The van der Waals surface area contributed by atoms with E-state index in [0.717, 1.165) is 13.2 Å². The fraction of sp³-hybridized carbons (Fsp3) is 0.375. The molecule has 2 atom stereocenters. The number of anilines is 1. The summed E-state index contributed by atoms with van der Waals surface area (Å²) in [5.74, 6) is 0.563. The Kier molecular flexibility index (Phi) is 4.87. The molecule has 0 unspecified atom stereocenters. The Morgan fingerprint density at radius 2 is 2.00 bits per heavy atom. The van der Waals surface area contributed by atoms with Gasteiger partial charge in [-0.25, -0.2) is 9.97 Å². The van der Waals surface area contributed by atoms with E-state index in [1.807, 2.05) is 6.07 Å². The molecule has 0 saturated carbocycles. The molecule has 1 N–H and O–H groups in total. The Morgan fingerprint density at radius 3 is 2.73 bits per heavy atom. The summed E-state index contributed by atoms with van der Waals surface area (Å²) in [4.78, 5) is 10.6. The van der Waals surface area contributed by atoms with Crippen molar-refractivity contribution in [1.29, 1.82) is 0 Å². The maximum atomic E-state index is 5.98. The van der Waals surface area contributed by atoms with E-state index in [2.05, 4.69) is 51.5 Å². The molecule has 1 aromatic heterocycles. The van der Waals surface area contributed by atoms with Crippen molar-refractivity contribution < 1.29 is 4.74 Å². The lowest BCUT2D eigenvalue weighted by molar-refractivity contribution is -0.0557. The van der Waals surface area contributed by atoms with Crippen LogP contribution in [0, 0.1) is 0 Å². The quantitative estimate of drug-likeness (QED) is 0.939. The number of nitrogens with one attached hydrogen (secondary N) is 1. The fourth-order valence-electron chi connectivity index (χ4n) is 2.75. The molecule has 0 amide bonds. The molecule has 0 spiro atoms. The molecule has 1 aromatic carbocycles. The number of hydrogen-bond donors (Lipinski definition) is 1. The molecule has 1 aliphatic rings. The molecule has 2 aromatic rings. The minimum atomic E-state index is 0.0421. The van der Waals surface area contributed by atoms with Crippen LogP contribution < -0.4 is 5.32 Å². The van der Waals surface area contributed by atoms with Crippen LogP contribution in [0.5, 0.6) is 0 Å². The predicted molar refractivity (Wildman–Crippen MR) is 87.1 cm³/mol. The molecule has 5 nitrogen and oxygen atoms in total. The van der Waals surface area contributed by atoms with Crippen LogP contribution in [0.15, 0.2) is 42.7 Å². The summed E-state index contributed by atoms with van der Waals surface area (Å²) in [6.45, 7) is 2.30. The van der Waals surface area contributed by atoms with Gasteiger partial charge >= 0.3 is 0 Å². The molecule has 3 rings (SSSR count). The van der Waals surface area contributed by atoms with E-state index in [-0.39, 0.29) is 12.1 Å². The van der Waals surface area contributed by atoms with Crippen LogP contribution in [0.25, 0.3) is 0 Å². The Balaban J connectivity index is 1.71. The van der Waals surface area contributed by atoms with Crippen LogP contribution in [-0.2, 0) is 4.74 Å². The van der Waals surface area contributed by atoms with Crippen LogP contribution >= 0.6 is 11.6 Å². The number of ether oxygens (including phenoxy) is 1. The second-order valence-corrected chi connectivity index (χ2v) is 5.79. The summed E-state index contributed by atoms with van der Waals surface area (Å²) >= 11 is 5.80. The molecule has 1 fully saturated rings. The molecule has 22 heavy (non-hydrogen) atoms. The first kappa shape index (κ1) is 15.2. The number of halogens is 1. The van der Waals surface area contributed by atoms with Gasteiger partial charge in [-0.3, -0.25) is 4.90 Å². The second-order valence-electron chi connectivity index (χ2n) is 5.35. The summed E-state index contributed by atoms with van der Waals surface area (Å²) in [5, 5.41) is 3.76. The standard InChI is InChI=1S/C16H19ClN4O/c1-21-7-8-22-14(15(21)12-5-3-2-4-6-12)11-20-16-18-9-13(17)10-19-16/h2-6,9-10,14-15H,7-8,11H2,1H3,(H,18,19,20)/t14-,15-/m0/s1. The van der Waals surface area contributed by atoms with Crippen molar-refractivity contribution in [2.75, 3.05) is 32.1 Å². The fourth-order valence-corrected chi connectivity index (χ4v) is 2.85. The number of aromatic nitrogens is 2. The Hall–Kier alpha value is -1.69. The van der Waals surface area contributed by atoms with Crippen molar-refractivity contribution in [3.8, 4) is 0 Å². The number of benzene rings is 1. The number of rotatable bonds is 4. The van der Waals surface area contributed by atoms with Crippen molar-refractivity contribution in [2.24, 2.45) is 0 Å². The monoisotopic (exact) mass is 318 g/mol. The van der Waals surface area contributed by atoms with E-state index < -0.39 is 0 Å². The molecule has 1 aliphatic heterocycles. The van der Waals surface area contributed by atoms with E-state index in [4.69, 9.17) is 16.3 Å². The van der Waals surface area contributed by atoms with Gasteiger partial charge in [-0.1, -0.05) is 41.9 Å². The Bertz CT molecular complexity index is 593. The van der Waals surface area contributed by atoms with Gasteiger partial charge in [-0.05, 0) is 12.6 Å². The van der Waals surface area contributed by atoms with Gasteiger partial charge in [0.05, 0.1) is 36.2 Å². The lowest BCUT2D eigenvalue weighted by Gasteiger charge is -2.39. The number of nitrogens with zero attached hydrogens (tertiary/aromatic N) is 3. The van der Waals surface area contributed by atoms with Gasteiger partial charge in [0, 0.05) is 13.1 Å². The van der Waals surface area contributed by atoms with Crippen molar-refractivity contribution in [3.63, 3.8) is 0 Å². The molecular formula is C16H19ClN4O. The first-order chi connectivity index (χ1) is 10.7. The van der Waals surface area contributed by atoms with E-state index in [0.29, 0.717) is 17.5 Å². The summed E-state index contributed by atoms with van der Waals surface area (Å²) in [7, 11) is 2.13. The van der Waals surface area contributed by atoms with Crippen molar-refractivity contribution in [2.45, 2.75) is 12.1 Å².